The molecule has 1 aliphatic carbocycles. The molecule has 2 aromatic carbocycles. The zero-order valence-electron chi connectivity index (χ0n) is 25.5. The summed E-state index contributed by atoms with van der Waals surface area (Å²) in [7, 11) is -3.65. The second kappa shape index (κ2) is 17.3. The summed E-state index contributed by atoms with van der Waals surface area (Å²) in [4.78, 5) is 22.1. The fourth-order valence-electron chi connectivity index (χ4n) is 5.48. The van der Waals surface area contributed by atoms with Crippen LogP contribution in [0, 0.1) is 12.8 Å². The van der Waals surface area contributed by atoms with Crippen molar-refractivity contribution in [2.75, 3.05) is 59.2 Å². The maximum absolute atomic E-state index is 13.4. The molecule has 3 N–H and O–H groups in total. The van der Waals surface area contributed by atoms with E-state index in [9.17, 15) is 18.0 Å². The molecule has 4 rings (SSSR count). The number of nitrogens with zero attached hydrogens (tertiary/aromatic N) is 1. The van der Waals surface area contributed by atoms with E-state index in [0.717, 1.165) is 48.8 Å². The van der Waals surface area contributed by atoms with Crippen molar-refractivity contribution < 1.29 is 32.2 Å². The molecule has 0 spiro atoms. The smallest absolute Gasteiger partial charge is 0.314 e. The summed E-state index contributed by atoms with van der Waals surface area (Å²) >= 11 is 12.6. The van der Waals surface area contributed by atoms with E-state index in [1.165, 1.54) is 4.31 Å². The lowest BCUT2D eigenvalue weighted by Crippen LogP contribution is -2.38. The normalized spacial score (nSPS) is 18.0. The van der Waals surface area contributed by atoms with E-state index in [4.69, 9.17) is 37.4 Å². The number of ether oxygens (including phenoxy) is 3. The third-order valence-electron chi connectivity index (χ3n) is 7.87. The highest BCUT2D eigenvalue weighted by Crippen LogP contribution is 2.41. The first-order valence-corrected chi connectivity index (χ1v) is 17.5. The standard InChI is InChI=1S/C31H42Cl2N4O7S/c1-22-16-25(4-6-29(22)44-30-7-5-26-27(30)17-24(32)18-28(26)33)45(40,41)37-12-8-23(19-37)20-43-15-14-42-13-11-36-31(39)35-10-3-2-9-34-21-38/h4,6,16-18,21,23,30H,2-3,5,7-15,19-20H2,1H3,(H,34,38)(H2,35,36,39)/t23-,30-/m1/s1. The van der Waals surface area contributed by atoms with Crippen LogP contribution < -0.4 is 20.7 Å². The van der Waals surface area contributed by atoms with Gasteiger partial charge in [-0.25, -0.2) is 13.2 Å². The largest absolute Gasteiger partial charge is 0.485 e. The van der Waals surface area contributed by atoms with Gasteiger partial charge in [-0.05, 0) is 92.0 Å². The number of hydrogen-bond donors (Lipinski definition) is 3. The number of urea groups is 1. The molecule has 11 nitrogen and oxygen atoms in total. The van der Waals surface area contributed by atoms with Crippen molar-refractivity contribution in [2.24, 2.45) is 5.92 Å². The number of nitrogens with one attached hydrogen (secondary N) is 3. The molecule has 0 unspecified atom stereocenters. The van der Waals surface area contributed by atoms with E-state index in [0.29, 0.717) is 81.4 Å². The molecular formula is C31H42Cl2N4O7S. The molecule has 1 saturated heterocycles. The monoisotopic (exact) mass is 684 g/mol. The molecule has 1 heterocycles. The van der Waals surface area contributed by atoms with Gasteiger partial charge in [0.15, 0.2) is 0 Å². The molecule has 2 aliphatic rings. The summed E-state index contributed by atoms with van der Waals surface area (Å²) in [5.74, 6) is 0.734. The summed E-state index contributed by atoms with van der Waals surface area (Å²) in [5, 5.41) is 9.24. The van der Waals surface area contributed by atoms with E-state index in [2.05, 4.69) is 16.0 Å². The van der Waals surface area contributed by atoms with Crippen LogP contribution in [0.4, 0.5) is 4.79 Å². The molecule has 1 fully saturated rings. The minimum Gasteiger partial charge on any atom is -0.485 e. The first kappa shape index (κ1) is 35.2. The second-order valence-corrected chi connectivity index (χ2v) is 14.0. The Hall–Kier alpha value is -2.61. The van der Waals surface area contributed by atoms with Crippen LogP contribution in [-0.4, -0.2) is 84.3 Å². The Balaban J connectivity index is 1.12. The van der Waals surface area contributed by atoms with Gasteiger partial charge in [0, 0.05) is 42.8 Å². The first-order chi connectivity index (χ1) is 21.7. The fourth-order valence-corrected chi connectivity index (χ4v) is 7.70. The van der Waals surface area contributed by atoms with Gasteiger partial charge in [0.1, 0.15) is 11.9 Å². The van der Waals surface area contributed by atoms with Crippen LogP contribution in [0.1, 0.15) is 48.5 Å². The first-order valence-electron chi connectivity index (χ1n) is 15.3. The highest BCUT2D eigenvalue weighted by atomic mass is 35.5. The minimum atomic E-state index is -3.65. The Morgan fingerprint density at radius 2 is 1.80 bits per heavy atom. The molecule has 14 heteroatoms. The quantitative estimate of drug-likeness (QED) is 0.158. The summed E-state index contributed by atoms with van der Waals surface area (Å²) in [6.07, 6.45) is 4.34. The average molecular weight is 686 g/mol. The van der Waals surface area contributed by atoms with Gasteiger partial charge in [0.2, 0.25) is 16.4 Å². The third-order valence-corrected chi connectivity index (χ3v) is 10.3. The molecule has 3 amide bonds. The van der Waals surface area contributed by atoms with Gasteiger partial charge in [-0.2, -0.15) is 4.31 Å². The number of carbonyl (C=O) groups is 2. The number of unbranched alkanes of at least 4 members (excludes halogenated alkanes) is 1. The highest BCUT2D eigenvalue weighted by molar-refractivity contribution is 7.89. The highest BCUT2D eigenvalue weighted by Gasteiger charge is 2.33. The van der Waals surface area contributed by atoms with Gasteiger partial charge in [0.05, 0.1) is 31.3 Å². The van der Waals surface area contributed by atoms with Crippen molar-refractivity contribution in [2.45, 2.75) is 50.0 Å². The number of fused-ring (bicyclic) bond motifs is 1. The fraction of sp³-hybridized carbons (Fsp3) is 0.548. The van der Waals surface area contributed by atoms with E-state index in [1.807, 2.05) is 13.0 Å². The summed E-state index contributed by atoms with van der Waals surface area (Å²) in [6.45, 7) is 5.75. The van der Waals surface area contributed by atoms with E-state index >= 15 is 0 Å². The molecule has 0 radical (unpaired) electrons. The zero-order valence-corrected chi connectivity index (χ0v) is 27.8. The molecular weight excluding hydrogens is 643 g/mol. The average Bonchev–Trinajstić information content (AvgIpc) is 3.65. The minimum absolute atomic E-state index is 0.101. The van der Waals surface area contributed by atoms with Crippen LogP contribution in [-0.2, 0) is 30.7 Å². The van der Waals surface area contributed by atoms with Crippen molar-refractivity contribution in [3.63, 3.8) is 0 Å². The summed E-state index contributed by atoms with van der Waals surface area (Å²) in [5.41, 5.74) is 2.77. The van der Waals surface area contributed by atoms with Gasteiger partial charge in [0.25, 0.3) is 0 Å². The predicted molar refractivity (Wildman–Crippen MR) is 173 cm³/mol. The number of benzene rings is 2. The van der Waals surface area contributed by atoms with Crippen LogP contribution in [0.5, 0.6) is 5.75 Å². The van der Waals surface area contributed by atoms with Gasteiger partial charge < -0.3 is 30.2 Å². The lowest BCUT2D eigenvalue weighted by Gasteiger charge is -2.20. The number of rotatable bonds is 18. The topological polar surface area (TPSA) is 135 Å². The number of sulfonamides is 1. The van der Waals surface area contributed by atoms with E-state index in [-0.39, 0.29) is 22.9 Å². The number of amides is 3. The molecule has 1 aliphatic heterocycles. The Morgan fingerprint density at radius 3 is 2.60 bits per heavy atom. The molecule has 2 aromatic rings. The lowest BCUT2D eigenvalue weighted by molar-refractivity contribution is -0.109. The van der Waals surface area contributed by atoms with Crippen LogP contribution in [0.25, 0.3) is 0 Å². The maximum atomic E-state index is 13.4. The SMILES string of the molecule is Cc1cc(S(=O)(=O)N2CC[C@@H](COCCOCCNC(=O)NCCCCNC=O)C2)ccc1O[C@@H]1CCc2c(Cl)cc(Cl)cc21. The zero-order chi connectivity index (χ0) is 32.2. The Bertz CT molecular complexity index is 1410. The van der Waals surface area contributed by atoms with E-state index in [1.54, 1.807) is 24.3 Å². The maximum Gasteiger partial charge on any atom is 0.314 e. The van der Waals surface area contributed by atoms with Crippen LogP contribution in [0.15, 0.2) is 35.2 Å². The summed E-state index contributed by atoms with van der Waals surface area (Å²) < 4.78 is 45.9. The number of carbonyl (C=O) groups excluding carboxylic acids is 2. The van der Waals surface area contributed by atoms with Gasteiger partial charge >= 0.3 is 6.03 Å². The Kier molecular flexibility index (Phi) is 13.6. The van der Waals surface area contributed by atoms with Crippen LogP contribution >= 0.6 is 23.2 Å². The van der Waals surface area contributed by atoms with Crippen molar-refractivity contribution in [3.8, 4) is 5.75 Å². The third kappa shape index (κ3) is 10.2. The molecule has 45 heavy (non-hydrogen) atoms. The van der Waals surface area contributed by atoms with Gasteiger partial charge in [-0.3, -0.25) is 4.79 Å². The molecule has 0 aromatic heterocycles. The van der Waals surface area contributed by atoms with Crippen molar-refractivity contribution in [1.82, 2.24) is 20.3 Å². The Labute approximate surface area is 275 Å². The number of halogens is 2. The molecule has 248 valence electrons. The van der Waals surface area contributed by atoms with Gasteiger partial charge in [-0.1, -0.05) is 23.2 Å². The van der Waals surface area contributed by atoms with Crippen molar-refractivity contribution >= 4 is 45.7 Å². The van der Waals surface area contributed by atoms with Crippen molar-refractivity contribution in [1.29, 1.82) is 0 Å². The van der Waals surface area contributed by atoms with Crippen LogP contribution in [0.2, 0.25) is 10.0 Å². The van der Waals surface area contributed by atoms with Gasteiger partial charge in [-0.15, -0.1) is 0 Å². The lowest BCUT2D eigenvalue weighted by atomic mass is 10.1. The van der Waals surface area contributed by atoms with Crippen molar-refractivity contribution in [3.05, 3.63) is 57.1 Å². The number of hydrogen-bond acceptors (Lipinski definition) is 7. The van der Waals surface area contributed by atoms with Crippen LogP contribution in [0.3, 0.4) is 0 Å². The summed E-state index contributed by atoms with van der Waals surface area (Å²) in [6, 6.07) is 8.37. The Morgan fingerprint density at radius 1 is 1.02 bits per heavy atom. The number of aryl methyl sites for hydroxylation is 1. The molecule has 0 bridgehead atoms. The molecule has 2 atom stereocenters. The predicted octanol–water partition coefficient (Wildman–Crippen LogP) is 4.24. The van der Waals surface area contributed by atoms with E-state index < -0.39 is 10.0 Å². The molecule has 0 saturated carbocycles. The second-order valence-electron chi connectivity index (χ2n) is 11.2.